The van der Waals surface area contributed by atoms with Crippen LogP contribution in [0.25, 0.3) is 10.9 Å². The van der Waals surface area contributed by atoms with Crippen LogP contribution in [0.3, 0.4) is 0 Å². The number of nitrogens with zero attached hydrogens (tertiary/aromatic N) is 2. The SMILES string of the molecule is COc1cccc(NC(=O)Cn2cc(C(=O)c3ccncc3)c(=O)c3ccc(OC)cc32)c1. The Balaban J connectivity index is 1.76. The van der Waals surface area contributed by atoms with Crippen LogP contribution in [0, 0.1) is 0 Å². The molecule has 0 aliphatic heterocycles. The van der Waals surface area contributed by atoms with E-state index in [4.69, 9.17) is 9.47 Å². The largest absolute Gasteiger partial charge is 0.497 e. The number of amides is 1. The van der Waals surface area contributed by atoms with E-state index in [2.05, 4.69) is 10.3 Å². The number of anilines is 1. The lowest BCUT2D eigenvalue weighted by Gasteiger charge is -2.14. The molecule has 8 heteroatoms. The predicted octanol–water partition coefficient (Wildman–Crippen LogP) is 3.28. The second kappa shape index (κ2) is 9.35. The fourth-order valence-electron chi connectivity index (χ4n) is 3.50. The average Bonchev–Trinajstić information content (AvgIpc) is 2.85. The minimum Gasteiger partial charge on any atom is -0.497 e. The molecule has 166 valence electrons. The van der Waals surface area contributed by atoms with E-state index in [1.54, 1.807) is 66.3 Å². The number of rotatable bonds is 7. The quantitative estimate of drug-likeness (QED) is 0.440. The fraction of sp³-hybridized carbons (Fsp3) is 0.120. The molecule has 0 atom stereocenters. The molecule has 4 aromatic rings. The highest BCUT2D eigenvalue weighted by Gasteiger charge is 2.19. The van der Waals surface area contributed by atoms with Gasteiger partial charge in [-0.2, -0.15) is 0 Å². The van der Waals surface area contributed by atoms with Gasteiger partial charge >= 0.3 is 0 Å². The normalized spacial score (nSPS) is 10.6. The second-order valence-corrected chi connectivity index (χ2v) is 7.23. The molecule has 33 heavy (non-hydrogen) atoms. The van der Waals surface area contributed by atoms with Crippen molar-refractivity contribution in [2.24, 2.45) is 0 Å². The Morgan fingerprint density at radius 1 is 0.970 bits per heavy atom. The van der Waals surface area contributed by atoms with Gasteiger partial charge in [0.15, 0.2) is 5.78 Å². The zero-order valence-electron chi connectivity index (χ0n) is 18.1. The highest BCUT2D eigenvalue weighted by atomic mass is 16.5. The molecule has 2 aromatic carbocycles. The van der Waals surface area contributed by atoms with E-state index < -0.39 is 11.2 Å². The third-order valence-electron chi connectivity index (χ3n) is 5.14. The highest BCUT2D eigenvalue weighted by Crippen LogP contribution is 2.21. The first-order valence-corrected chi connectivity index (χ1v) is 10.1. The molecule has 0 radical (unpaired) electrons. The summed E-state index contributed by atoms with van der Waals surface area (Å²) in [4.78, 5) is 42.9. The number of pyridine rings is 2. The van der Waals surface area contributed by atoms with E-state index in [0.29, 0.717) is 33.7 Å². The van der Waals surface area contributed by atoms with E-state index in [0.717, 1.165) is 0 Å². The van der Waals surface area contributed by atoms with Crippen LogP contribution >= 0.6 is 0 Å². The maximum atomic E-state index is 13.1. The van der Waals surface area contributed by atoms with E-state index >= 15 is 0 Å². The zero-order chi connectivity index (χ0) is 23.4. The number of fused-ring (bicyclic) bond motifs is 1. The van der Waals surface area contributed by atoms with E-state index in [9.17, 15) is 14.4 Å². The molecule has 0 aliphatic rings. The molecular formula is C25H21N3O5. The third-order valence-corrected chi connectivity index (χ3v) is 5.14. The summed E-state index contributed by atoms with van der Waals surface area (Å²) in [6, 6.07) is 15.0. The summed E-state index contributed by atoms with van der Waals surface area (Å²) in [6.45, 7) is -0.127. The average molecular weight is 443 g/mol. The van der Waals surface area contributed by atoms with Crippen molar-refractivity contribution in [1.82, 2.24) is 9.55 Å². The van der Waals surface area contributed by atoms with Gasteiger partial charge in [-0.1, -0.05) is 6.07 Å². The molecule has 0 fully saturated rings. The van der Waals surface area contributed by atoms with Crippen LogP contribution in [-0.2, 0) is 11.3 Å². The second-order valence-electron chi connectivity index (χ2n) is 7.23. The molecule has 8 nitrogen and oxygen atoms in total. The topological polar surface area (TPSA) is 99.5 Å². The molecule has 0 aliphatic carbocycles. The molecule has 1 amide bonds. The smallest absolute Gasteiger partial charge is 0.244 e. The number of carbonyl (C=O) groups is 2. The Kier molecular flexibility index (Phi) is 6.17. The minimum absolute atomic E-state index is 0.0342. The summed E-state index contributed by atoms with van der Waals surface area (Å²) >= 11 is 0. The molecule has 0 unspecified atom stereocenters. The minimum atomic E-state index is -0.443. The number of hydrogen-bond acceptors (Lipinski definition) is 6. The number of ketones is 1. The number of hydrogen-bond donors (Lipinski definition) is 1. The van der Waals surface area contributed by atoms with Crippen LogP contribution in [-0.4, -0.2) is 35.5 Å². The van der Waals surface area contributed by atoms with Crippen LogP contribution < -0.4 is 20.2 Å². The summed E-state index contributed by atoms with van der Waals surface area (Å²) in [5, 5.41) is 3.12. The number of nitrogens with one attached hydrogen (secondary N) is 1. The molecule has 0 saturated carbocycles. The van der Waals surface area contributed by atoms with Crippen molar-refractivity contribution >= 4 is 28.3 Å². The van der Waals surface area contributed by atoms with Gasteiger partial charge in [0.25, 0.3) is 0 Å². The Morgan fingerprint density at radius 3 is 2.42 bits per heavy atom. The Bertz CT molecular complexity index is 1400. The van der Waals surface area contributed by atoms with Crippen LogP contribution in [0.5, 0.6) is 11.5 Å². The number of aromatic nitrogens is 2. The Hall–Kier alpha value is -4.46. The van der Waals surface area contributed by atoms with Crippen molar-refractivity contribution in [2.45, 2.75) is 6.54 Å². The van der Waals surface area contributed by atoms with Crippen LogP contribution in [0.4, 0.5) is 5.69 Å². The molecule has 2 aromatic heterocycles. The lowest BCUT2D eigenvalue weighted by Crippen LogP contribution is -2.24. The van der Waals surface area contributed by atoms with Crippen molar-refractivity contribution < 1.29 is 19.1 Å². The molecule has 4 rings (SSSR count). The summed E-state index contributed by atoms with van der Waals surface area (Å²) in [6.07, 6.45) is 4.39. The van der Waals surface area contributed by atoms with Crippen LogP contribution in [0.2, 0.25) is 0 Å². The van der Waals surface area contributed by atoms with Crippen molar-refractivity contribution in [1.29, 1.82) is 0 Å². The predicted molar refractivity (Wildman–Crippen MR) is 124 cm³/mol. The summed E-state index contributed by atoms with van der Waals surface area (Å²) < 4.78 is 12.0. The van der Waals surface area contributed by atoms with Crippen molar-refractivity contribution in [3.8, 4) is 11.5 Å². The first-order valence-electron chi connectivity index (χ1n) is 10.1. The van der Waals surface area contributed by atoms with Gasteiger partial charge in [-0.3, -0.25) is 19.4 Å². The Labute approximate surface area is 189 Å². The number of methoxy groups -OCH3 is 2. The highest BCUT2D eigenvalue weighted by molar-refractivity contribution is 6.10. The monoisotopic (exact) mass is 443 g/mol. The van der Waals surface area contributed by atoms with E-state index in [1.807, 2.05) is 0 Å². The maximum absolute atomic E-state index is 13.1. The number of benzene rings is 2. The lowest BCUT2D eigenvalue weighted by molar-refractivity contribution is -0.116. The fourth-order valence-corrected chi connectivity index (χ4v) is 3.50. The first kappa shape index (κ1) is 21.8. The van der Waals surface area contributed by atoms with Gasteiger partial charge in [-0.05, 0) is 36.4 Å². The van der Waals surface area contributed by atoms with Crippen LogP contribution in [0.15, 0.2) is 78.0 Å². The van der Waals surface area contributed by atoms with Gasteiger partial charge in [0, 0.05) is 47.4 Å². The van der Waals surface area contributed by atoms with Crippen molar-refractivity contribution in [3.63, 3.8) is 0 Å². The third kappa shape index (κ3) is 4.59. The summed E-state index contributed by atoms with van der Waals surface area (Å²) in [5.74, 6) is 0.356. The molecular weight excluding hydrogens is 422 g/mol. The molecule has 0 spiro atoms. The summed E-state index contributed by atoms with van der Waals surface area (Å²) in [7, 11) is 3.06. The molecule has 1 N–H and O–H groups in total. The lowest BCUT2D eigenvalue weighted by atomic mass is 10.0. The van der Waals surface area contributed by atoms with E-state index in [1.165, 1.54) is 25.7 Å². The number of carbonyl (C=O) groups excluding carboxylic acids is 2. The molecule has 0 bridgehead atoms. The van der Waals surface area contributed by atoms with Crippen molar-refractivity contribution in [3.05, 3.63) is 94.5 Å². The van der Waals surface area contributed by atoms with E-state index in [-0.39, 0.29) is 18.0 Å². The zero-order valence-corrected chi connectivity index (χ0v) is 18.1. The maximum Gasteiger partial charge on any atom is 0.244 e. The van der Waals surface area contributed by atoms with Gasteiger partial charge < -0.3 is 19.4 Å². The van der Waals surface area contributed by atoms with Gasteiger partial charge in [-0.25, -0.2) is 0 Å². The van der Waals surface area contributed by atoms with Gasteiger partial charge in [-0.15, -0.1) is 0 Å². The van der Waals surface area contributed by atoms with Gasteiger partial charge in [0.2, 0.25) is 11.3 Å². The van der Waals surface area contributed by atoms with Crippen molar-refractivity contribution in [2.75, 3.05) is 19.5 Å². The summed E-state index contributed by atoms with van der Waals surface area (Å²) in [5.41, 5.74) is 0.927. The molecule has 2 heterocycles. The Morgan fingerprint density at radius 2 is 1.70 bits per heavy atom. The van der Waals surface area contributed by atoms with Gasteiger partial charge in [0.05, 0.1) is 25.3 Å². The number of ether oxygens (including phenoxy) is 2. The van der Waals surface area contributed by atoms with Gasteiger partial charge in [0.1, 0.15) is 18.0 Å². The van der Waals surface area contributed by atoms with Crippen LogP contribution in [0.1, 0.15) is 15.9 Å². The standard InChI is InChI=1S/C25H21N3O5/c1-32-18-5-3-4-17(12-18)27-23(29)15-28-14-21(24(30)16-8-10-26-11-9-16)25(31)20-7-6-19(33-2)13-22(20)28/h3-14H,15H2,1-2H3,(H,27,29). The molecule has 0 saturated heterocycles. The first-order chi connectivity index (χ1) is 16.0.